The Balaban J connectivity index is 1.45. The molecule has 0 saturated heterocycles. The maximum Gasteiger partial charge on any atom is 0.345 e. The minimum atomic E-state index is -1.94. The van der Waals surface area contributed by atoms with Crippen molar-refractivity contribution < 1.29 is 28.8 Å². The number of carbonyl (C=O) groups is 1. The fourth-order valence-corrected chi connectivity index (χ4v) is 3.92. The van der Waals surface area contributed by atoms with E-state index in [-0.39, 0.29) is 18.1 Å². The molecule has 0 aromatic heterocycles. The van der Waals surface area contributed by atoms with Gasteiger partial charge in [0.05, 0.1) is 0 Å². The van der Waals surface area contributed by atoms with E-state index in [1.807, 2.05) is 60.7 Å². The van der Waals surface area contributed by atoms with Crippen molar-refractivity contribution in [2.75, 3.05) is 6.79 Å². The summed E-state index contributed by atoms with van der Waals surface area (Å²) in [6.07, 6.45) is 1.67. The van der Waals surface area contributed by atoms with Crippen LogP contribution in [0.15, 0.2) is 108 Å². The van der Waals surface area contributed by atoms with Crippen molar-refractivity contribution in [1.29, 1.82) is 0 Å². The quantitative estimate of drug-likeness (QED) is 0.549. The molecule has 0 fully saturated rings. The minimum absolute atomic E-state index is 0.0105. The molecule has 0 spiro atoms. The summed E-state index contributed by atoms with van der Waals surface area (Å²) in [7, 11) is 0. The highest BCUT2D eigenvalue weighted by Gasteiger charge is 2.49. The number of rotatable bonds is 7. The van der Waals surface area contributed by atoms with E-state index in [9.17, 15) is 9.90 Å². The smallest absolute Gasteiger partial charge is 0.345 e. The lowest BCUT2D eigenvalue weighted by Gasteiger charge is -2.26. The zero-order valence-electron chi connectivity index (χ0n) is 17.8. The lowest BCUT2D eigenvalue weighted by molar-refractivity contribution is -0.186. The summed E-state index contributed by atoms with van der Waals surface area (Å²) < 4.78 is 22.0. The molecular weight excluding hydrogens is 420 g/mol. The van der Waals surface area contributed by atoms with E-state index in [1.165, 1.54) is 6.26 Å². The van der Waals surface area contributed by atoms with E-state index in [0.29, 0.717) is 29.9 Å². The standard InChI is InChI=1S/C27H22O6/c28-26-25(24-17-30-18-32-24)23(15-19-7-3-1-4-8-19)27(29,33-26)21-11-13-22(14-12-21)31-16-20-9-5-2-6-10-20/h1-14,17,29H,15-16,18H2. The van der Waals surface area contributed by atoms with Gasteiger partial charge in [-0.3, -0.25) is 0 Å². The van der Waals surface area contributed by atoms with E-state index in [2.05, 4.69) is 0 Å². The van der Waals surface area contributed by atoms with Crippen molar-refractivity contribution >= 4 is 5.97 Å². The van der Waals surface area contributed by atoms with Crippen LogP contribution in [-0.4, -0.2) is 17.9 Å². The van der Waals surface area contributed by atoms with Gasteiger partial charge in [0.1, 0.15) is 24.2 Å². The third-order valence-electron chi connectivity index (χ3n) is 5.59. The number of esters is 1. The van der Waals surface area contributed by atoms with Crippen LogP contribution in [0.3, 0.4) is 0 Å². The molecular formula is C27H22O6. The molecule has 0 saturated carbocycles. The van der Waals surface area contributed by atoms with Gasteiger partial charge in [0.25, 0.3) is 5.79 Å². The summed E-state index contributed by atoms with van der Waals surface area (Å²) in [5.41, 5.74) is 2.97. The first-order chi connectivity index (χ1) is 16.1. The summed E-state index contributed by atoms with van der Waals surface area (Å²) in [6, 6.07) is 26.3. The Hall–Kier alpha value is -4.03. The Morgan fingerprint density at radius 1 is 0.879 bits per heavy atom. The lowest BCUT2D eigenvalue weighted by Crippen LogP contribution is -2.29. The third-order valence-corrected chi connectivity index (χ3v) is 5.59. The Morgan fingerprint density at radius 2 is 1.55 bits per heavy atom. The predicted octanol–water partition coefficient (Wildman–Crippen LogP) is 4.35. The molecule has 0 radical (unpaired) electrons. The van der Waals surface area contributed by atoms with Gasteiger partial charge in [0.2, 0.25) is 6.79 Å². The zero-order chi connectivity index (χ0) is 22.7. The average molecular weight is 442 g/mol. The summed E-state index contributed by atoms with van der Waals surface area (Å²) >= 11 is 0. The Morgan fingerprint density at radius 3 is 2.18 bits per heavy atom. The number of cyclic esters (lactones) is 1. The molecule has 0 bridgehead atoms. The van der Waals surface area contributed by atoms with Crippen molar-refractivity contribution in [3.63, 3.8) is 0 Å². The maximum atomic E-state index is 12.8. The van der Waals surface area contributed by atoms with Gasteiger partial charge < -0.3 is 24.1 Å². The minimum Gasteiger partial charge on any atom is -0.489 e. The van der Waals surface area contributed by atoms with Crippen molar-refractivity contribution in [2.45, 2.75) is 18.8 Å². The third kappa shape index (κ3) is 4.21. The molecule has 5 rings (SSSR count). The van der Waals surface area contributed by atoms with Crippen molar-refractivity contribution in [3.8, 4) is 5.75 Å². The number of carbonyl (C=O) groups excluding carboxylic acids is 1. The molecule has 2 aliphatic heterocycles. The molecule has 0 aliphatic carbocycles. The average Bonchev–Trinajstić information content (AvgIpc) is 3.46. The maximum absolute atomic E-state index is 12.8. The van der Waals surface area contributed by atoms with Crippen LogP contribution in [-0.2, 0) is 37.8 Å². The summed E-state index contributed by atoms with van der Waals surface area (Å²) in [5, 5.41) is 11.6. The molecule has 0 amide bonds. The van der Waals surface area contributed by atoms with Crippen LogP contribution >= 0.6 is 0 Å². The molecule has 6 nitrogen and oxygen atoms in total. The normalized spacial score (nSPS) is 19.5. The SMILES string of the molecule is O=C1OC(O)(c2ccc(OCc3ccccc3)cc2)C(Cc2ccccc2)=C1C1=COCO1. The van der Waals surface area contributed by atoms with Crippen LogP contribution < -0.4 is 4.74 Å². The fourth-order valence-electron chi connectivity index (χ4n) is 3.92. The second kappa shape index (κ2) is 8.84. The molecule has 1 N–H and O–H groups in total. The first-order valence-corrected chi connectivity index (χ1v) is 10.6. The first kappa shape index (κ1) is 20.8. The van der Waals surface area contributed by atoms with Gasteiger partial charge in [-0.2, -0.15) is 0 Å². The van der Waals surface area contributed by atoms with Crippen molar-refractivity contribution in [2.24, 2.45) is 0 Å². The number of ether oxygens (including phenoxy) is 4. The van der Waals surface area contributed by atoms with E-state index in [4.69, 9.17) is 18.9 Å². The Kier molecular flexibility index (Phi) is 5.59. The summed E-state index contributed by atoms with van der Waals surface area (Å²) in [6.45, 7) is 0.435. The van der Waals surface area contributed by atoms with E-state index in [1.54, 1.807) is 24.3 Å². The molecule has 6 heteroatoms. The second-order valence-electron chi connectivity index (χ2n) is 7.76. The topological polar surface area (TPSA) is 74.2 Å². The van der Waals surface area contributed by atoms with Gasteiger partial charge in [-0.15, -0.1) is 0 Å². The summed E-state index contributed by atoms with van der Waals surface area (Å²) in [5.74, 6) is -1.71. The molecule has 1 atom stereocenters. The van der Waals surface area contributed by atoms with Gasteiger partial charge in [-0.25, -0.2) is 4.79 Å². The van der Waals surface area contributed by atoms with Gasteiger partial charge in [0.15, 0.2) is 5.76 Å². The molecule has 33 heavy (non-hydrogen) atoms. The van der Waals surface area contributed by atoms with Crippen LogP contribution in [0.4, 0.5) is 0 Å². The molecule has 1 unspecified atom stereocenters. The number of hydrogen-bond acceptors (Lipinski definition) is 6. The molecule has 3 aromatic carbocycles. The zero-order valence-corrected chi connectivity index (χ0v) is 17.8. The molecule has 166 valence electrons. The number of benzene rings is 3. The van der Waals surface area contributed by atoms with Gasteiger partial charge in [-0.05, 0) is 35.4 Å². The highest BCUT2D eigenvalue weighted by Crippen LogP contribution is 2.44. The molecule has 3 aromatic rings. The second-order valence-corrected chi connectivity index (χ2v) is 7.76. The van der Waals surface area contributed by atoms with Crippen LogP contribution in [0.5, 0.6) is 5.75 Å². The lowest BCUT2D eigenvalue weighted by atomic mass is 9.90. The van der Waals surface area contributed by atoms with E-state index in [0.717, 1.165) is 11.1 Å². The highest BCUT2D eigenvalue weighted by atomic mass is 16.7. The van der Waals surface area contributed by atoms with Crippen molar-refractivity contribution in [3.05, 3.63) is 125 Å². The number of aliphatic hydroxyl groups is 1. The van der Waals surface area contributed by atoms with Gasteiger partial charge in [-0.1, -0.05) is 60.7 Å². The van der Waals surface area contributed by atoms with E-state index < -0.39 is 11.8 Å². The number of hydrogen-bond donors (Lipinski definition) is 1. The summed E-state index contributed by atoms with van der Waals surface area (Å²) in [4.78, 5) is 12.8. The Bertz CT molecular complexity index is 1200. The van der Waals surface area contributed by atoms with Crippen LogP contribution in [0.2, 0.25) is 0 Å². The van der Waals surface area contributed by atoms with E-state index >= 15 is 0 Å². The predicted molar refractivity (Wildman–Crippen MR) is 119 cm³/mol. The molecule has 2 aliphatic rings. The van der Waals surface area contributed by atoms with Gasteiger partial charge in [0, 0.05) is 17.6 Å². The fraction of sp³-hybridized carbons (Fsp3) is 0.148. The largest absolute Gasteiger partial charge is 0.489 e. The first-order valence-electron chi connectivity index (χ1n) is 10.6. The van der Waals surface area contributed by atoms with Crippen molar-refractivity contribution in [1.82, 2.24) is 0 Å². The van der Waals surface area contributed by atoms with Crippen LogP contribution in [0.25, 0.3) is 0 Å². The van der Waals surface area contributed by atoms with Crippen LogP contribution in [0.1, 0.15) is 16.7 Å². The molecule has 2 heterocycles. The monoisotopic (exact) mass is 442 g/mol. The Labute approximate surface area is 191 Å². The van der Waals surface area contributed by atoms with Gasteiger partial charge >= 0.3 is 5.97 Å². The highest BCUT2D eigenvalue weighted by molar-refractivity contribution is 5.97. The van der Waals surface area contributed by atoms with Crippen LogP contribution in [0, 0.1) is 0 Å².